The van der Waals surface area contributed by atoms with Crippen LogP contribution in [0.3, 0.4) is 0 Å². The molecule has 1 amide bonds. The van der Waals surface area contributed by atoms with Crippen LogP contribution in [0.25, 0.3) is 0 Å². The molecule has 0 radical (unpaired) electrons. The molecule has 0 saturated carbocycles. The number of amides is 1. The van der Waals surface area contributed by atoms with Gasteiger partial charge in [0.25, 0.3) is 5.91 Å². The van der Waals surface area contributed by atoms with Gasteiger partial charge < -0.3 is 24.3 Å². The van der Waals surface area contributed by atoms with Crippen molar-refractivity contribution in [2.45, 2.75) is 33.4 Å². The summed E-state index contributed by atoms with van der Waals surface area (Å²) in [5, 5.41) is 2.87. The van der Waals surface area contributed by atoms with Crippen molar-refractivity contribution in [2.75, 3.05) is 21.3 Å². The van der Waals surface area contributed by atoms with Crippen molar-refractivity contribution >= 4 is 5.91 Å². The molecule has 0 aliphatic heterocycles. The number of methoxy groups -OCH3 is 3. The van der Waals surface area contributed by atoms with E-state index in [-0.39, 0.29) is 5.91 Å². The van der Waals surface area contributed by atoms with Crippen LogP contribution in [0.2, 0.25) is 0 Å². The van der Waals surface area contributed by atoms with Gasteiger partial charge in [-0.3, -0.25) is 4.79 Å². The van der Waals surface area contributed by atoms with Gasteiger partial charge in [0.15, 0.2) is 17.6 Å². The maximum Gasteiger partial charge on any atom is 0.261 e. The number of carbonyl (C=O) groups is 1. The molecule has 6 nitrogen and oxygen atoms in total. The molecule has 0 fully saturated rings. The first-order valence-corrected chi connectivity index (χ1v) is 8.70. The van der Waals surface area contributed by atoms with Crippen LogP contribution in [-0.2, 0) is 11.3 Å². The van der Waals surface area contributed by atoms with E-state index >= 15 is 0 Å². The second-order valence-electron chi connectivity index (χ2n) is 6.26. The van der Waals surface area contributed by atoms with Crippen LogP contribution in [0.1, 0.15) is 23.6 Å². The predicted octanol–water partition coefficient (Wildman–Crippen LogP) is 3.41. The minimum absolute atomic E-state index is 0.207. The summed E-state index contributed by atoms with van der Waals surface area (Å²) in [6.07, 6.45) is -0.617. The number of ether oxygens (including phenoxy) is 4. The van der Waals surface area contributed by atoms with Gasteiger partial charge in [0.2, 0.25) is 5.75 Å². The average Bonchev–Trinajstić information content (AvgIpc) is 2.67. The zero-order valence-electron chi connectivity index (χ0n) is 16.7. The van der Waals surface area contributed by atoms with E-state index in [0.29, 0.717) is 29.5 Å². The van der Waals surface area contributed by atoms with Crippen molar-refractivity contribution in [3.8, 4) is 23.0 Å². The lowest BCUT2D eigenvalue weighted by Gasteiger charge is -2.17. The third-order valence-corrected chi connectivity index (χ3v) is 4.35. The van der Waals surface area contributed by atoms with E-state index in [2.05, 4.69) is 5.32 Å². The maximum atomic E-state index is 12.4. The monoisotopic (exact) mass is 373 g/mol. The van der Waals surface area contributed by atoms with Crippen molar-refractivity contribution < 1.29 is 23.7 Å². The molecule has 27 heavy (non-hydrogen) atoms. The molecule has 2 aromatic carbocycles. The summed E-state index contributed by atoms with van der Waals surface area (Å²) in [6, 6.07) is 9.38. The van der Waals surface area contributed by atoms with Crippen LogP contribution in [0.5, 0.6) is 23.0 Å². The van der Waals surface area contributed by atoms with Gasteiger partial charge in [0, 0.05) is 6.54 Å². The Bertz CT molecular complexity index is 778. The maximum absolute atomic E-state index is 12.4. The standard InChI is InChI=1S/C21H27NO5/c1-13-7-8-17(9-14(13)2)27-15(3)21(23)22-12-16-10-18(24-4)20(26-6)19(11-16)25-5/h7-11,15H,12H2,1-6H3,(H,22,23)/t15-/m1/s1. The highest BCUT2D eigenvalue weighted by Gasteiger charge is 2.17. The Labute approximate surface area is 160 Å². The Morgan fingerprint density at radius 2 is 1.59 bits per heavy atom. The van der Waals surface area contributed by atoms with Gasteiger partial charge in [0.1, 0.15) is 5.75 Å². The highest BCUT2D eigenvalue weighted by Crippen LogP contribution is 2.38. The minimum atomic E-state index is -0.617. The van der Waals surface area contributed by atoms with Gasteiger partial charge in [0.05, 0.1) is 21.3 Å². The minimum Gasteiger partial charge on any atom is -0.493 e. The van der Waals surface area contributed by atoms with Crippen LogP contribution >= 0.6 is 0 Å². The van der Waals surface area contributed by atoms with Gasteiger partial charge in [-0.2, -0.15) is 0 Å². The predicted molar refractivity (Wildman–Crippen MR) is 104 cm³/mol. The summed E-state index contributed by atoms with van der Waals surface area (Å²) >= 11 is 0. The molecular weight excluding hydrogens is 346 g/mol. The Morgan fingerprint density at radius 1 is 0.963 bits per heavy atom. The van der Waals surface area contributed by atoms with Crippen molar-refractivity contribution in [1.29, 1.82) is 0 Å². The van der Waals surface area contributed by atoms with E-state index in [1.165, 1.54) is 5.56 Å². The average molecular weight is 373 g/mol. The summed E-state index contributed by atoms with van der Waals surface area (Å²) in [6.45, 7) is 6.08. The van der Waals surface area contributed by atoms with Crippen LogP contribution in [0.15, 0.2) is 30.3 Å². The summed E-state index contributed by atoms with van der Waals surface area (Å²) in [7, 11) is 4.66. The van der Waals surface area contributed by atoms with Gasteiger partial charge in [-0.25, -0.2) is 0 Å². The summed E-state index contributed by atoms with van der Waals surface area (Å²) in [4.78, 5) is 12.4. The molecule has 2 rings (SSSR count). The second-order valence-corrected chi connectivity index (χ2v) is 6.26. The number of carbonyl (C=O) groups excluding carboxylic acids is 1. The zero-order chi connectivity index (χ0) is 20.0. The van der Waals surface area contributed by atoms with Gasteiger partial charge in [-0.1, -0.05) is 6.07 Å². The zero-order valence-corrected chi connectivity index (χ0v) is 16.7. The van der Waals surface area contributed by atoms with Crippen LogP contribution in [0, 0.1) is 13.8 Å². The molecule has 0 aliphatic rings. The lowest BCUT2D eigenvalue weighted by Crippen LogP contribution is -2.35. The van der Waals surface area contributed by atoms with E-state index in [0.717, 1.165) is 11.1 Å². The van der Waals surface area contributed by atoms with E-state index in [1.807, 2.05) is 32.0 Å². The van der Waals surface area contributed by atoms with Gasteiger partial charge in [-0.05, 0) is 61.7 Å². The Hall–Kier alpha value is -2.89. The SMILES string of the molecule is COc1cc(CNC(=O)[C@@H](C)Oc2ccc(C)c(C)c2)cc(OC)c1OC. The molecule has 6 heteroatoms. The first kappa shape index (κ1) is 20.4. The Kier molecular flexibility index (Phi) is 6.93. The lowest BCUT2D eigenvalue weighted by atomic mass is 10.1. The van der Waals surface area contributed by atoms with Crippen LogP contribution in [0.4, 0.5) is 0 Å². The fraction of sp³-hybridized carbons (Fsp3) is 0.381. The molecule has 0 spiro atoms. The number of nitrogens with one attached hydrogen (secondary N) is 1. The van der Waals surface area contributed by atoms with E-state index in [1.54, 1.807) is 40.4 Å². The molecule has 0 aromatic heterocycles. The molecule has 146 valence electrons. The summed E-state index contributed by atoms with van der Waals surface area (Å²) in [5.41, 5.74) is 3.13. The Balaban J connectivity index is 2.02. The van der Waals surface area contributed by atoms with Crippen LogP contribution < -0.4 is 24.3 Å². The van der Waals surface area contributed by atoms with E-state index in [9.17, 15) is 4.79 Å². The fourth-order valence-corrected chi connectivity index (χ4v) is 2.62. The number of hydrogen-bond donors (Lipinski definition) is 1. The number of benzene rings is 2. The molecular formula is C21H27NO5. The molecule has 2 aromatic rings. The quantitative estimate of drug-likeness (QED) is 0.768. The van der Waals surface area contributed by atoms with Crippen molar-refractivity contribution in [2.24, 2.45) is 0 Å². The first-order chi connectivity index (χ1) is 12.9. The number of rotatable bonds is 8. The van der Waals surface area contributed by atoms with E-state index < -0.39 is 6.10 Å². The molecule has 1 atom stereocenters. The highest BCUT2D eigenvalue weighted by atomic mass is 16.5. The van der Waals surface area contributed by atoms with Crippen LogP contribution in [-0.4, -0.2) is 33.3 Å². The topological polar surface area (TPSA) is 66.0 Å². The molecule has 0 saturated heterocycles. The van der Waals surface area contributed by atoms with Crippen molar-refractivity contribution in [3.63, 3.8) is 0 Å². The summed E-state index contributed by atoms with van der Waals surface area (Å²) < 4.78 is 21.7. The van der Waals surface area contributed by atoms with Crippen molar-refractivity contribution in [1.82, 2.24) is 5.32 Å². The number of hydrogen-bond acceptors (Lipinski definition) is 5. The largest absolute Gasteiger partial charge is 0.493 e. The first-order valence-electron chi connectivity index (χ1n) is 8.70. The smallest absolute Gasteiger partial charge is 0.261 e. The normalized spacial score (nSPS) is 11.5. The molecule has 0 heterocycles. The molecule has 1 N–H and O–H groups in total. The molecule has 0 unspecified atom stereocenters. The lowest BCUT2D eigenvalue weighted by molar-refractivity contribution is -0.127. The summed E-state index contributed by atoms with van der Waals surface area (Å²) in [5.74, 6) is 2.07. The van der Waals surface area contributed by atoms with E-state index in [4.69, 9.17) is 18.9 Å². The third-order valence-electron chi connectivity index (χ3n) is 4.35. The molecule has 0 bridgehead atoms. The van der Waals surface area contributed by atoms with Crippen molar-refractivity contribution in [3.05, 3.63) is 47.0 Å². The fourth-order valence-electron chi connectivity index (χ4n) is 2.62. The van der Waals surface area contributed by atoms with Gasteiger partial charge in [-0.15, -0.1) is 0 Å². The highest BCUT2D eigenvalue weighted by molar-refractivity contribution is 5.80. The van der Waals surface area contributed by atoms with Gasteiger partial charge >= 0.3 is 0 Å². The molecule has 0 aliphatic carbocycles. The third kappa shape index (κ3) is 5.06. The second kappa shape index (κ2) is 9.16. The number of aryl methyl sites for hydroxylation is 2. The Morgan fingerprint density at radius 3 is 2.11 bits per heavy atom.